The van der Waals surface area contributed by atoms with E-state index >= 15 is 0 Å². The molecule has 0 unspecified atom stereocenters. The lowest BCUT2D eigenvalue weighted by Gasteiger charge is -2.32. The van der Waals surface area contributed by atoms with E-state index in [4.69, 9.17) is 9.31 Å². The Labute approximate surface area is 122 Å². The molecule has 1 aromatic rings. The fourth-order valence-electron chi connectivity index (χ4n) is 2.58. The van der Waals surface area contributed by atoms with Gasteiger partial charge in [-0.15, -0.1) is 0 Å². The smallest absolute Gasteiger partial charge is 0.399 e. The summed E-state index contributed by atoms with van der Waals surface area (Å²) in [7, 11) is -0.288. The van der Waals surface area contributed by atoms with Crippen LogP contribution in [0.2, 0.25) is 0 Å². The Morgan fingerprint density at radius 3 is 2.20 bits per heavy atom. The Kier molecular flexibility index (Phi) is 3.34. The molecule has 1 saturated carbocycles. The van der Waals surface area contributed by atoms with Crippen LogP contribution in [0.3, 0.4) is 0 Å². The van der Waals surface area contributed by atoms with Gasteiger partial charge in [-0.05, 0) is 53.0 Å². The molecule has 20 heavy (non-hydrogen) atoms. The van der Waals surface area contributed by atoms with Crippen molar-refractivity contribution in [3.05, 3.63) is 24.3 Å². The largest absolute Gasteiger partial charge is 0.496 e. The predicted octanol–water partition coefficient (Wildman–Crippen LogP) is 2.95. The van der Waals surface area contributed by atoms with Crippen LogP contribution in [0.25, 0.3) is 0 Å². The van der Waals surface area contributed by atoms with Crippen molar-refractivity contribution in [2.75, 3.05) is 5.32 Å². The third-order valence-electron chi connectivity index (χ3n) is 4.93. The fourth-order valence-corrected chi connectivity index (χ4v) is 2.58. The van der Waals surface area contributed by atoms with Gasteiger partial charge in [-0.2, -0.15) is 0 Å². The molecule has 1 aliphatic carbocycles. The molecule has 1 aromatic carbocycles. The molecule has 1 saturated heterocycles. The molecule has 0 radical (unpaired) electrons. The predicted molar refractivity (Wildman–Crippen MR) is 83.4 cm³/mol. The van der Waals surface area contributed by atoms with Crippen LogP contribution in [0.1, 0.15) is 47.0 Å². The summed E-state index contributed by atoms with van der Waals surface area (Å²) in [6.07, 6.45) is 3.85. The lowest BCUT2D eigenvalue weighted by Crippen LogP contribution is -2.41. The van der Waals surface area contributed by atoms with Crippen molar-refractivity contribution in [2.24, 2.45) is 0 Å². The fraction of sp³-hybridized carbons (Fsp3) is 0.625. The first-order valence-electron chi connectivity index (χ1n) is 7.60. The first kappa shape index (κ1) is 14.0. The molecular formula is C16H24BNO2. The summed E-state index contributed by atoms with van der Waals surface area (Å²) in [6, 6.07) is 8.95. The van der Waals surface area contributed by atoms with E-state index in [-0.39, 0.29) is 18.3 Å². The number of hydrogen-bond donors (Lipinski definition) is 1. The standard InChI is InChI=1S/C16H24BNO2/c1-15(2)16(3,4)20-17(19-15)13-10-5-6-11-14(13)18-12-8-7-9-12/h5-6,10-12,18H,7-9H2,1-4H3. The van der Waals surface area contributed by atoms with Crippen molar-refractivity contribution in [1.29, 1.82) is 0 Å². The van der Waals surface area contributed by atoms with E-state index in [0.717, 1.165) is 11.2 Å². The van der Waals surface area contributed by atoms with E-state index in [0.29, 0.717) is 6.04 Å². The molecule has 0 atom stereocenters. The zero-order valence-corrected chi connectivity index (χ0v) is 12.9. The average Bonchev–Trinajstić information content (AvgIpc) is 2.54. The Morgan fingerprint density at radius 2 is 1.65 bits per heavy atom. The molecule has 0 spiro atoms. The molecule has 0 amide bonds. The topological polar surface area (TPSA) is 30.5 Å². The van der Waals surface area contributed by atoms with Gasteiger partial charge in [0.2, 0.25) is 0 Å². The van der Waals surface area contributed by atoms with Gasteiger partial charge in [0, 0.05) is 17.2 Å². The van der Waals surface area contributed by atoms with Crippen LogP contribution in [0.5, 0.6) is 0 Å². The summed E-state index contributed by atoms with van der Waals surface area (Å²) < 4.78 is 12.3. The number of nitrogens with one attached hydrogen (secondary N) is 1. The number of benzene rings is 1. The highest BCUT2D eigenvalue weighted by Gasteiger charge is 2.52. The van der Waals surface area contributed by atoms with E-state index < -0.39 is 0 Å². The first-order valence-corrected chi connectivity index (χ1v) is 7.60. The van der Waals surface area contributed by atoms with Crippen molar-refractivity contribution >= 4 is 18.3 Å². The second-order valence-corrected chi connectivity index (χ2v) is 6.95. The summed E-state index contributed by atoms with van der Waals surface area (Å²) in [6.45, 7) is 8.37. The maximum absolute atomic E-state index is 6.16. The Hall–Kier alpha value is -0.995. The van der Waals surface area contributed by atoms with Crippen LogP contribution in [0.4, 0.5) is 5.69 Å². The van der Waals surface area contributed by atoms with Crippen molar-refractivity contribution in [3.63, 3.8) is 0 Å². The van der Waals surface area contributed by atoms with Crippen molar-refractivity contribution in [3.8, 4) is 0 Å². The van der Waals surface area contributed by atoms with Gasteiger partial charge in [0.15, 0.2) is 0 Å². The zero-order chi connectivity index (χ0) is 14.4. The lowest BCUT2D eigenvalue weighted by atomic mass is 9.77. The highest BCUT2D eigenvalue weighted by molar-refractivity contribution is 6.63. The third-order valence-corrected chi connectivity index (χ3v) is 4.93. The maximum Gasteiger partial charge on any atom is 0.496 e. The number of rotatable bonds is 3. The highest BCUT2D eigenvalue weighted by Crippen LogP contribution is 2.37. The molecule has 1 N–H and O–H groups in total. The molecule has 2 aliphatic rings. The Bertz CT molecular complexity index is 481. The minimum absolute atomic E-state index is 0.288. The molecule has 0 aromatic heterocycles. The molecule has 4 heteroatoms. The van der Waals surface area contributed by atoms with Crippen LogP contribution >= 0.6 is 0 Å². The van der Waals surface area contributed by atoms with Crippen LogP contribution in [-0.4, -0.2) is 24.4 Å². The second-order valence-electron chi connectivity index (χ2n) is 6.95. The van der Waals surface area contributed by atoms with Crippen molar-refractivity contribution in [2.45, 2.75) is 64.2 Å². The van der Waals surface area contributed by atoms with E-state index in [1.807, 2.05) is 6.07 Å². The van der Waals surface area contributed by atoms with Gasteiger partial charge in [0.25, 0.3) is 0 Å². The molecule has 2 fully saturated rings. The molecule has 1 aliphatic heterocycles. The average molecular weight is 273 g/mol. The quantitative estimate of drug-likeness (QED) is 0.859. The van der Waals surface area contributed by atoms with Gasteiger partial charge in [-0.25, -0.2) is 0 Å². The summed E-state index contributed by atoms with van der Waals surface area (Å²) >= 11 is 0. The Balaban J connectivity index is 1.84. The monoisotopic (exact) mass is 273 g/mol. The number of hydrogen-bond acceptors (Lipinski definition) is 3. The van der Waals surface area contributed by atoms with E-state index in [9.17, 15) is 0 Å². The first-order chi connectivity index (χ1) is 9.39. The second kappa shape index (κ2) is 4.78. The summed E-state index contributed by atoms with van der Waals surface area (Å²) in [5.41, 5.74) is 1.68. The van der Waals surface area contributed by atoms with Crippen LogP contribution < -0.4 is 10.8 Å². The van der Waals surface area contributed by atoms with Crippen molar-refractivity contribution < 1.29 is 9.31 Å². The van der Waals surface area contributed by atoms with Gasteiger partial charge in [-0.3, -0.25) is 0 Å². The Morgan fingerprint density at radius 1 is 1.05 bits per heavy atom. The van der Waals surface area contributed by atoms with E-state index in [1.54, 1.807) is 0 Å². The molecule has 3 rings (SSSR count). The van der Waals surface area contributed by atoms with E-state index in [1.165, 1.54) is 19.3 Å². The summed E-state index contributed by atoms with van der Waals surface area (Å²) in [4.78, 5) is 0. The normalized spacial score (nSPS) is 24.5. The molecule has 108 valence electrons. The lowest BCUT2D eigenvalue weighted by molar-refractivity contribution is 0.00578. The molecule has 3 nitrogen and oxygen atoms in total. The van der Waals surface area contributed by atoms with Crippen molar-refractivity contribution in [1.82, 2.24) is 0 Å². The van der Waals surface area contributed by atoms with Crippen LogP contribution in [0.15, 0.2) is 24.3 Å². The van der Waals surface area contributed by atoms with Gasteiger partial charge < -0.3 is 14.6 Å². The van der Waals surface area contributed by atoms with Gasteiger partial charge >= 0.3 is 7.12 Å². The maximum atomic E-state index is 6.16. The molecular weight excluding hydrogens is 249 g/mol. The minimum atomic E-state index is -0.290. The van der Waals surface area contributed by atoms with Gasteiger partial charge in [-0.1, -0.05) is 18.2 Å². The molecule has 0 bridgehead atoms. The zero-order valence-electron chi connectivity index (χ0n) is 12.9. The summed E-state index contributed by atoms with van der Waals surface area (Å²) in [5.74, 6) is 0. The van der Waals surface area contributed by atoms with Crippen LogP contribution in [-0.2, 0) is 9.31 Å². The number of para-hydroxylation sites is 1. The van der Waals surface area contributed by atoms with Crippen LogP contribution in [0, 0.1) is 0 Å². The van der Waals surface area contributed by atoms with E-state index in [2.05, 4.69) is 51.2 Å². The van der Waals surface area contributed by atoms with Gasteiger partial charge in [0.1, 0.15) is 0 Å². The van der Waals surface area contributed by atoms with Gasteiger partial charge in [0.05, 0.1) is 11.2 Å². The molecule has 1 heterocycles. The summed E-state index contributed by atoms with van der Waals surface area (Å²) in [5, 5.41) is 3.62. The third kappa shape index (κ3) is 2.36. The SMILES string of the molecule is CC1(C)OB(c2ccccc2NC2CCC2)OC1(C)C. The minimum Gasteiger partial charge on any atom is -0.399 e. The highest BCUT2D eigenvalue weighted by atomic mass is 16.7. The number of anilines is 1.